The van der Waals surface area contributed by atoms with E-state index in [1.807, 2.05) is 12.2 Å². The van der Waals surface area contributed by atoms with Crippen molar-refractivity contribution in [1.29, 1.82) is 0 Å². The van der Waals surface area contributed by atoms with Crippen LogP contribution >= 0.6 is 0 Å². The molecule has 3 nitrogen and oxygen atoms in total. The van der Waals surface area contributed by atoms with Crippen molar-refractivity contribution in [2.24, 2.45) is 0 Å². The highest BCUT2D eigenvalue weighted by atomic mass is 16.4. The minimum absolute atomic E-state index is 0.0427. The third kappa shape index (κ3) is 12.6. The van der Waals surface area contributed by atoms with Crippen LogP contribution in [0.2, 0.25) is 0 Å². The Morgan fingerprint density at radius 1 is 1.13 bits per heavy atom. The summed E-state index contributed by atoms with van der Waals surface area (Å²) in [7, 11) is 0. The molecule has 0 fully saturated rings. The Morgan fingerprint density at radius 2 is 1.87 bits per heavy atom. The summed E-state index contributed by atoms with van der Waals surface area (Å²) in [6.07, 6.45) is 10.9. The second-order valence-electron chi connectivity index (χ2n) is 3.39. The summed E-state index contributed by atoms with van der Waals surface area (Å²) in [5.41, 5.74) is 0. The number of allylic oxidation sites excluding steroid dienone is 4. The Kier molecular flexibility index (Phi) is 8.34. The summed E-state index contributed by atoms with van der Waals surface area (Å²) in [4.78, 5) is 20.7. The van der Waals surface area contributed by atoms with Gasteiger partial charge in [-0.15, -0.1) is 0 Å². The van der Waals surface area contributed by atoms with Gasteiger partial charge in [0.1, 0.15) is 0 Å². The number of hydrogen-bond acceptors (Lipinski definition) is 2. The van der Waals surface area contributed by atoms with Gasteiger partial charge in [-0.1, -0.05) is 24.6 Å². The monoisotopic (exact) mass is 210 g/mol. The second-order valence-corrected chi connectivity index (χ2v) is 3.39. The molecule has 0 amide bonds. The lowest BCUT2D eigenvalue weighted by Gasteiger charge is -1.94. The molecule has 0 aromatic rings. The molecule has 0 bridgehead atoms. The number of hydrogen-bond donors (Lipinski definition) is 1. The van der Waals surface area contributed by atoms with Gasteiger partial charge in [-0.25, -0.2) is 0 Å². The van der Waals surface area contributed by atoms with E-state index in [1.165, 1.54) is 13.0 Å². The fourth-order valence-corrected chi connectivity index (χ4v) is 1.08. The Balaban J connectivity index is 3.31. The van der Waals surface area contributed by atoms with Crippen LogP contribution in [0.5, 0.6) is 0 Å². The molecule has 0 aromatic heterocycles. The highest BCUT2D eigenvalue weighted by molar-refractivity contribution is 5.87. The molecule has 0 atom stereocenters. The highest BCUT2D eigenvalue weighted by Gasteiger charge is 1.94. The zero-order chi connectivity index (χ0) is 11.5. The molecular weight excluding hydrogens is 192 g/mol. The van der Waals surface area contributed by atoms with E-state index < -0.39 is 5.97 Å². The summed E-state index contributed by atoms with van der Waals surface area (Å²) < 4.78 is 0. The van der Waals surface area contributed by atoms with Crippen molar-refractivity contribution in [3.8, 4) is 0 Å². The van der Waals surface area contributed by atoms with Gasteiger partial charge >= 0.3 is 5.97 Å². The largest absolute Gasteiger partial charge is 0.481 e. The van der Waals surface area contributed by atoms with Gasteiger partial charge < -0.3 is 5.11 Å². The minimum atomic E-state index is -0.727. The molecule has 0 heterocycles. The second kappa shape index (κ2) is 9.19. The molecule has 3 heteroatoms. The van der Waals surface area contributed by atoms with Crippen LogP contribution in [0.4, 0.5) is 0 Å². The van der Waals surface area contributed by atoms with Crippen molar-refractivity contribution >= 4 is 11.8 Å². The molecule has 15 heavy (non-hydrogen) atoms. The lowest BCUT2D eigenvalue weighted by Crippen LogP contribution is -1.93. The maximum Gasteiger partial charge on any atom is 0.303 e. The van der Waals surface area contributed by atoms with Crippen molar-refractivity contribution in [2.45, 2.75) is 39.0 Å². The first-order valence-electron chi connectivity index (χ1n) is 5.18. The molecule has 0 saturated heterocycles. The van der Waals surface area contributed by atoms with Crippen LogP contribution in [0.15, 0.2) is 24.3 Å². The average Bonchev–Trinajstić information content (AvgIpc) is 2.14. The third-order valence-corrected chi connectivity index (χ3v) is 1.84. The van der Waals surface area contributed by atoms with Crippen LogP contribution in [0.25, 0.3) is 0 Å². The molecule has 1 N–H and O–H groups in total. The maximum atomic E-state index is 10.5. The summed E-state index contributed by atoms with van der Waals surface area (Å²) in [6.45, 7) is 1.51. The van der Waals surface area contributed by atoms with Gasteiger partial charge in [0.25, 0.3) is 0 Å². The molecule has 0 aliphatic rings. The zero-order valence-electron chi connectivity index (χ0n) is 9.11. The number of unbranched alkanes of at least 4 members (excludes halogenated alkanes) is 3. The Bertz CT molecular complexity index is 252. The molecular formula is C12H18O3. The number of carboxylic acid groups (broad SMARTS) is 1. The van der Waals surface area contributed by atoms with Crippen LogP contribution in [0, 0.1) is 0 Å². The number of rotatable bonds is 8. The van der Waals surface area contributed by atoms with Crippen LogP contribution in [-0.4, -0.2) is 16.9 Å². The fraction of sp³-hybridized carbons (Fsp3) is 0.500. The fourth-order valence-electron chi connectivity index (χ4n) is 1.08. The number of carbonyl (C=O) groups excluding carboxylic acids is 1. The molecule has 84 valence electrons. The Morgan fingerprint density at radius 3 is 2.47 bits per heavy atom. The summed E-state index contributed by atoms with van der Waals surface area (Å²) in [6, 6.07) is 0. The summed E-state index contributed by atoms with van der Waals surface area (Å²) in [5, 5.41) is 8.38. The standard InChI is InChI=1S/C12H18O3/c1-11(13)9-7-5-3-2-4-6-8-10-12(14)15/h3,5,7,9H,2,4,6,8,10H2,1H3,(H,14,15). The van der Waals surface area contributed by atoms with Gasteiger partial charge in [-0.2, -0.15) is 0 Å². The van der Waals surface area contributed by atoms with Crippen molar-refractivity contribution in [3.05, 3.63) is 24.3 Å². The molecule has 0 unspecified atom stereocenters. The number of ketones is 1. The molecule has 0 aliphatic heterocycles. The maximum absolute atomic E-state index is 10.5. The lowest BCUT2D eigenvalue weighted by atomic mass is 10.1. The first-order chi connectivity index (χ1) is 7.13. The van der Waals surface area contributed by atoms with Gasteiger partial charge in [0.15, 0.2) is 5.78 Å². The van der Waals surface area contributed by atoms with Crippen molar-refractivity contribution in [2.75, 3.05) is 0 Å². The van der Waals surface area contributed by atoms with E-state index in [2.05, 4.69) is 0 Å². The van der Waals surface area contributed by atoms with E-state index in [0.717, 1.165) is 25.7 Å². The SMILES string of the molecule is CC(=O)C=CC=CCCCCCC(=O)O. The van der Waals surface area contributed by atoms with E-state index in [0.29, 0.717) is 0 Å². The number of carboxylic acids is 1. The molecule has 0 radical (unpaired) electrons. The minimum Gasteiger partial charge on any atom is -0.481 e. The quantitative estimate of drug-likeness (QED) is 0.380. The molecule has 0 aromatic carbocycles. The summed E-state index contributed by atoms with van der Waals surface area (Å²) in [5.74, 6) is -0.684. The van der Waals surface area contributed by atoms with Crippen LogP contribution in [-0.2, 0) is 9.59 Å². The van der Waals surface area contributed by atoms with E-state index >= 15 is 0 Å². The average molecular weight is 210 g/mol. The normalized spacial score (nSPS) is 11.3. The molecule has 0 rings (SSSR count). The van der Waals surface area contributed by atoms with Crippen LogP contribution in [0.1, 0.15) is 39.0 Å². The zero-order valence-corrected chi connectivity index (χ0v) is 9.11. The van der Waals surface area contributed by atoms with E-state index in [9.17, 15) is 9.59 Å². The molecule has 0 saturated carbocycles. The topological polar surface area (TPSA) is 54.4 Å². The predicted molar refractivity (Wildman–Crippen MR) is 59.7 cm³/mol. The highest BCUT2D eigenvalue weighted by Crippen LogP contribution is 2.03. The van der Waals surface area contributed by atoms with Gasteiger partial charge in [-0.05, 0) is 32.3 Å². The number of carbonyl (C=O) groups is 2. The van der Waals surface area contributed by atoms with E-state index in [-0.39, 0.29) is 12.2 Å². The van der Waals surface area contributed by atoms with Crippen LogP contribution in [0.3, 0.4) is 0 Å². The van der Waals surface area contributed by atoms with E-state index in [4.69, 9.17) is 5.11 Å². The van der Waals surface area contributed by atoms with Gasteiger partial charge in [0.05, 0.1) is 0 Å². The Labute approximate surface area is 90.5 Å². The van der Waals surface area contributed by atoms with Gasteiger partial charge in [0, 0.05) is 6.42 Å². The first kappa shape index (κ1) is 13.6. The predicted octanol–water partition coefficient (Wildman–Crippen LogP) is 2.72. The van der Waals surface area contributed by atoms with Crippen molar-refractivity contribution < 1.29 is 14.7 Å². The molecule has 0 spiro atoms. The third-order valence-electron chi connectivity index (χ3n) is 1.84. The first-order valence-corrected chi connectivity index (χ1v) is 5.18. The van der Waals surface area contributed by atoms with Crippen molar-refractivity contribution in [3.63, 3.8) is 0 Å². The molecule has 0 aliphatic carbocycles. The van der Waals surface area contributed by atoms with Crippen molar-refractivity contribution in [1.82, 2.24) is 0 Å². The smallest absolute Gasteiger partial charge is 0.303 e. The lowest BCUT2D eigenvalue weighted by molar-refractivity contribution is -0.137. The van der Waals surface area contributed by atoms with Gasteiger partial charge in [-0.3, -0.25) is 9.59 Å². The Hall–Kier alpha value is -1.38. The van der Waals surface area contributed by atoms with Crippen LogP contribution < -0.4 is 0 Å². The number of aliphatic carboxylic acids is 1. The summed E-state index contributed by atoms with van der Waals surface area (Å²) >= 11 is 0. The van der Waals surface area contributed by atoms with E-state index in [1.54, 1.807) is 6.08 Å². The van der Waals surface area contributed by atoms with Gasteiger partial charge in [0.2, 0.25) is 0 Å².